The van der Waals surface area contributed by atoms with Crippen LogP contribution in [0.4, 0.5) is 4.79 Å². The number of ether oxygens (including phenoxy) is 1. The summed E-state index contributed by atoms with van der Waals surface area (Å²) in [6.45, 7) is 7.38. The largest absolute Gasteiger partial charge is 0.450 e. The number of rotatable bonds is 4. The molecule has 1 aliphatic rings. The van der Waals surface area contributed by atoms with Crippen LogP contribution in [0.1, 0.15) is 12.8 Å². The highest BCUT2D eigenvalue weighted by molar-refractivity contribution is 6.76. The Labute approximate surface area is 92.9 Å². The maximum atomic E-state index is 11.3. The average molecular weight is 227 g/mol. The number of carbonyl (C=O) groups excluding carboxylic acids is 1. The van der Waals surface area contributed by atoms with Crippen molar-refractivity contribution in [1.82, 2.24) is 5.32 Å². The summed E-state index contributed by atoms with van der Waals surface area (Å²) in [7, 11) is -1.09. The van der Waals surface area contributed by atoms with Gasteiger partial charge in [-0.3, -0.25) is 0 Å². The third-order valence-electron chi connectivity index (χ3n) is 2.42. The van der Waals surface area contributed by atoms with Crippen LogP contribution < -0.4 is 5.32 Å². The van der Waals surface area contributed by atoms with E-state index in [1.165, 1.54) is 0 Å². The summed E-state index contributed by atoms with van der Waals surface area (Å²) >= 11 is 0. The van der Waals surface area contributed by atoms with Crippen molar-refractivity contribution in [2.75, 3.05) is 6.61 Å². The molecule has 4 heteroatoms. The summed E-state index contributed by atoms with van der Waals surface area (Å²) in [6, 6.07) is 1.29. The second kappa shape index (κ2) is 5.35. The van der Waals surface area contributed by atoms with Gasteiger partial charge in [-0.2, -0.15) is 0 Å². The van der Waals surface area contributed by atoms with Crippen LogP contribution in [0, 0.1) is 0 Å². The molecule has 1 N–H and O–H groups in total. The molecular formula is C11H21NO2Si. The molecule has 1 rings (SSSR count). The lowest BCUT2D eigenvalue weighted by molar-refractivity contribution is 0.148. The molecule has 0 saturated carbocycles. The summed E-state index contributed by atoms with van der Waals surface area (Å²) in [4.78, 5) is 11.3. The monoisotopic (exact) mass is 227 g/mol. The fourth-order valence-electron chi connectivity index (χ4n) is 1.39. The van der Waals surface area contributed by atoms with Gasteiger partial charge in [0.15, 0.2) is 0 Å². The molecule has 1 aliphatic carbocycles. The molecule has 0 spiro atoms. The first-order chi connectivity index (χ1) is 6.97. The number of alkyl carbamates (subject to hydrolysis) is 1. The number of nitrogens with one attached hydrogen (secondary N) is 1. The van der Waals surface area contributed by atoms with Gasteiger partial charge >= 0.3 is 6.09 Å². The molecule has 0 radical (unpaired) electrons. The Morgan fingerprint density at radius 3 is 2.53 bits per heavy atom. The van der Waals surface area contributed by atoms with Gasteiger partial charge in [-0.15, -0.1) is 0 Å². The first-order valence-corrected chi connectivity index (χ1v) is 9.26. The second-order valence-corrected chi connectivity index (χ2v) is 10.9. The van der Waals surface area contributed by atoms with E-state index in [4.69, 9.17) is 4.74 Å². The summed E-state index contributed by atoms with van der Waals surface area (Å²) in [5, 5.41) is 2.86. The van der Waals surface area contributed by atoms with E-state index in [0.29, 0.717) is 6.61 Å². The van der Waals surface area contributed by atoms with Crippen molar-refractivity contribution in [3.63, 3.8) is 0 Å². The molecule has 0 bridgehead atoms. The van der Waals surface area contributed by atoms with E-state index < -0.39 is 8.07 Å². The van der Waals surface area contributed by atoms with Gasteiger partial charge in [0.05, 0.1) is 6.61 Å². The Hall–Kier alpha value is -0.773. The molecule has 0 saturated heterocycles. The van der Waals surface area contributed by atoms with Gasteiger partial charge < -0.3 is 10.1 Å². The molecule has 0 fully saturated rings. The van der Waals surface area contributed by atoms with Gasteiger partial charge in [0.25, 0.3) is 0 Å². The normalized spacial score (nSPS) is 16.7. The van der Waals surface area contributed by atoms with Gasteiger partial charge in [0, 0.05) is 14.1 Å². The highest BCUT2D eigenvalue weighted by Gasteiger charge is 2.16. The number of hydrogen-bond acceptors (Lipinski definition) is 2. The SMILES string of the molecule is C[Si](C)(C)CCOC(=O)NC1CC=CC1. The Morgan fingerprint density at radius 2 is 2.00 bits per heavy atom. The van der Waals surface area contributed by atoms with Crippen molar-refractivity contribution < 1.29 is 9.53 Å². The third kappa shape index (κ3) is 5.62. The standard InChI is InChI=1S/C11H21NO2Si/c1-15(2,3)9-8-14-11(13)12-10-6-4-5-7-10/h4-5,10H,6-9H2,1-3H3,(H,12,13). The predicted octanol–water partition coefficient (Wildman–Crippen LogP) is 2.77. The van der Waals surface area contributed by atoms with Crippen LogP contribution in [-0.2, 0) is 4.74 Å². The van der Waals surface area contributed by atoms with E-state index in [0.717, 1.165) is 18.9 Å². The van der Waals surface area contributed by atoms with Crippen LogP contribution in [0.15, 0.2) is 12.2 Å². The van der Waals surface area contributed by atoms with Crippen molar-refractivity contribution in [2.45, 2.75) is 44.6 Å². The van der Waals surface area contributed by atoms with Crippen molar-refractivity contribution >= 4 is 14.2 Å². The summed E-state index contributed by atoms with van der Waals surface area (Å²) in [6.07, 6.45) is 5.79. The van der Waals surface area contributed by atoms with Crippen molar-refractivity contribution in [2.24, 2.45) is 0 Å². The molecular weight excluding hydrogens is 206 g/mol. The molecule has 0 aromatic heterocycles. The minimum Gasteiger partial charge on any atom is -0.450 e. The fourth-order valence-corrected chi connectivity index (χ4v) is 2.11. The molecule has 86 valence electrons. The van der Waals surface area contributed by atoms with E-state index >= 15 is 0 Å². The van der Waals surface area contributed by atoms with Crippen LogP contribution in [-0.4, -0.2) is 26.8 Å². The smallest absolute Gasteiger partial charge is 0.407 e. The quantitative estimate of drug-likeness (QED) is 0.592. The minimum absolute atomic E-state index is 0.254. The number of carbonyl (C=O) groups is 1. The lowest BCUT2D eigenvalue weighted by Crippen LogP contribution is -2.34. The van der Waals surface area contributed by atoms with E-state index in [1.807, 2.05) is 0 Å². The van der Waals surface area contributed by atoms with Crippen molar-refractivity contribution in [3.05, 3.63) is 12.2 Å². The van der Waals surface area contributed by atoms with E-state index in [2.05, 4.69) is 37.1 Å². The highest BCUT2D eigenvalue weighted by atomic mass is 28.3. The molecule has 1 amide bonds. The maximum absolute atomic E-state index is 11.3. The molecule has 0 atom stereocenters. The van der Waals surface area contributed by atoms with Gasteiger partial charge in [-0.25, -0.2) is 4.79 Å². The van der Waals surface area contributed by atoms with Gasteiger partial charge in [0.2, 0.25) is 0 Å². The molecule has 0 unspecified atom stereocenters. The molecule has 15 heavy (non-hydrogen) atoms. The number of amides is 1. The Morgan fingerprint density at radius 1 is 1.40 bits per heavy atom. The number of hydrogen-bond donors (Lipinski definition) is 1. The van der Waals surface area contributed by atoms with Crippen molar-refractivity contribution in [1.29, 1.82) is 0 Å². The zero-order valence-electron chi connectivity index (χ0n) is 9.88. The minimum atomic E-state index is -1.09. The van der Waals surface area contributed by atoms with Crippen LogP contribution in [0.25, 0.3) is 0 Å². The first-order valence-electron chi connectivity index (χ1n) is 5.56. The lowest BCUT2D eigenvalue weighted by atomic mass is 10.2. The Kier molecular flexibility index (Phi) is 4.39. The summed E-state index contributed by atoms with van der Waals surface area (Å²) in [5.41, 5.74) is 0. The topological polar surface area (TPSA) is 38.3 Å². The highest BCUT2D eigenvalue weighted by Crippen LogP contribution is 2.10. The van der Waals surface area contributed by atoms with Crippen LogP contribution in [0.3, 0.4) is 0 Å². The molecule has 0 heterocycles. The van der Waals surface area contributed by atoms with Crippen LogP contribution >= 0.6 is 0 Å². The average Bonchev–Trinajstić information content (AvgIpc) is 2.54. The van der Waals surface area contributed by atoms with Crippen LogP contribution in [0.5, 0.6) is 0 Å². The molecule has 3 nitrogen and oxygen atoms in total. The zero-order chi connectivity index (χ0) is 11.3. The molecule has 0 aliphatic heterocycles. The van der Waals surface area contributed by atoms with E-state index in [9.17, 15) is 4.79 Å². The fraction of sp³-hybridized carbons (Fsp3) is 0.727. The first kappa shape index (κ1) is 12.3. The van der Waals surface area contributed by atoms with E-state index in [-0.39, 0.29) is 12.1 Å². The van der Waals surface area contributed by atoms with Gasteiger partial charge in [0.1, 0.15) is 0 Å². The van der Waals surface area contributed by atoms with Gasteiger partial charge in [-0.05, 0) is 18.9 Å². The van der Waals surface area contributed by atoms with Crippen molar-refractivity contribution in [3.8, 4) is 0 Å². The van der Waals surface area contributed by atoms with Gasteiger partial charge in [-0.1, -0.05) is 31.8 Å². The summed E-state index contributed by atoms with van der Waals surface area (Å²) in [5.74, 6) is 0. The molecule has 0 aromatic carbocycles. The van der Waals surface area contributed by atoms with Crippen LogP contribution in [0.2, 0.25) is 25.7 Å². The lowest BCUT2D eigenvalue weighted by Gasteiger charge is -2.16. The Bertz CT molecular complexity index is 237. The third-order valence-corrected chi connectivity index (χ3v) is 4.12. The Balaban J connectivity index is 2.08. The predicted molar refractivity (Wildman–Crippen MR) is 64.8 cm³/mol. The maximum Gasteiger partial charge on any atom is 0.407 e. The molecule has 0 aromatic rings. The summed E-state index contributed by atoms with van der Waals surface area (Å²) < 4.78 is 5.14. The zero-order valence-corrected chi connectivity index (χ0v) is 10.9. The second-order valence-electron chi connectivity index (χ2n) is 5.23. The van der Waals surface area contributed by atoms with E-state index in [1.54, 1.807) is 0 Å².